The van der Waals surface area contributed by atoms with Crippen LogP contribution in [-0.2, 0) is 28.9 Å². The molecule has 2 N–H and O–H groups in total. The molecule has 0 fully saturated rings. The van der Waals surface area contributed by atoms with Crippen molar-refractivity contribution in [3.8, 4) is 0 Å². The molecule has 7 heteroatoms. The molecule has 2 aromatic carbocycles. The van der Waals surface area contributed by atoms with Gasteiger partial charge in [0, 0.05) is 12.1 Å². The van der Waals surface area contributed by atoms with Crippen molar-refractivity contribution in [1.82, 2.24) is 10.6 Å². The van der Waals surface area contributed by atoms with Crippen molar-refractivity contribution in [2.75, 3.05) is 0 Å². The van der Waals surface area contributed by atoms with E-state index < -0.39 is 17.2 Å². The second-order valence-corrected chi connectivity index (χ2v) is 10.0. The zero-order valence-electron chi connectivity index (χ0n) is 18.6. The van der Waals surface area contributed by atoms with E-state index in [1.807, 2.05) is 65.0 Å². The van der Waals surface area contributed by atoms with Crippen LogP contribution in [0.15, 0.2) is 42.5 Å². The Morgan fingerprint density at radius 1 is 0.903 bits per heavy atom. The molecule has 31 heavy (non-hydrogen) atoms. The van der Waals surface area contributed by atoms with Crippen molar-refractivity contribution >= 4 is 35.2 Å². The summed E-state index contributed by atoms with van der Waals surface area (Å²) in [5.74, 6) is -0.0886. The molecule has 0 atom stereocenters. The molecule has 0 bridgehead atoms. The lowest BCUT2D eigenvalue weighted by atomic mass is 9.93. The fourth-order valence-corrected chi connectivity index (χ4v) is 3.40. The molecule has 0 spiro atoms. The first-order chi connectivity index (χ1) is 14.3. The zero-order valence-corrected chi connectivity index (χ0v) is 20.2. The van der Waals surface area contributed by atoms with Crippen LogP contribution >= 0.6 is 23.2 Å². The van der Waals surface area contributed by atoms with Gasteiger partial charge in [-0.05, 0) is 69.9 Å². The molecule has 2 rings (SSSR count). The van der Waals surface area contributed by atoms with Gasteiger partial charge in [-0.1, -0.05) is 53.5 Å². The van der Waals surface area contributed by atoms with Crippen LogP contribution in [0.4, 0.5) is 4.79 Å². The lowest BCUT2D eigenvalue weighted by Gasteiger charge is -2.29. The number of halogens is 2. The van der Waals surface area contributed by atoms with Crippen LogP contribution in [0.2, 0.25) is 10.0 Å². The molecule has 5 nitrogen and oxygen atoms in total. The molecule has 0 saturated carbocycles. The van der Waals surface area contributed by atoms with Crippen LogP contribution < -0.4 is 10.6 Å². The predicted octanol–water partition coefficient (Wildman–Crippen LogP) is 5.70. The Morgan fingerprint density at radius 3 is 2.23 bits per heavy atom. The van der Waals surface area contributed by atoms with Gasteiger partial charge in [0.25, 0.3) is 0 Å². The van der Waals surface area contributed by atoms with Gasteiger partial charge in [-0.2, -0.15) is 0 Å². The second-order valence-electron chi connectivity index (χ2n) is 9.21. The number of alkyl carbamates (subject to hydrolysis) is 1. The van der Waals surface area contributed by atoms with Gasteiger partial charge in [-0.25, -0.2) is 4.79 Å². The van der Waals surface area contributed by atoms with E-state index in [-0.39, 0.29) is 12.3 Å². The lowest BCUT2D eigenvalue weighted by molar-refractivity contribution is -0.120. The minimum atomic E-state index is -0.551. The maximum absolute atomic E-state index is 12.4. The van der Waals surface area contributed by atoms with E-state index in [0.29, 0.717) is 23.0 Å². The summed E-state index contributed by atoms with van der Waals surface area (Å²) >= 11 is 11.9. The van der Waals surface area contributed by atoms with Crippen molar-refractivity contribution in [2.24, 2.45) is 0 Å². The number of carbonyl (C=O) groups is 2. The van der Waals surface area contributed by atoms with E-state index >= 15 is 0 Å². The highest BCUT2D eigenvalue weighted by Gasteiger charge is 2.25. The van der Waals surface area contributed by atoms with Crippen molar-refractivity contribution in [3.05, 3.63) is 69.2 Å². The zero-order chi connectivity index (χ0) is 23.2. The lowest BCUT2D eigenvalue weighted by Crippen LogP contribution is -2.47. The first-order valence-electron chi connectivity index (χ1n) is 10.1. The van der Waals surface area contributed by atoms with Crippen LogP contribution in [-0.4, -0.2) is 23.1 Å². The van der Waals surface area contributed by atoms with Gasteiger partial charge in [-0.3, -0.25) is 4.79 Å². The SMILES string of the molecule is CC(C)(Cc1cccc(CC(=O)NCc2ccc(Cl)c(Cl)c2)c1)NC(=O)OC(C)(C)C. The van der Waals surface area contributed by atoms with E-state index in [1.165, 1.54) is 0 Å². The third kappa shape index (κ3) is 9.19. The maximum Gasteiger partial charge on any atom is 0.408 e. The van der Waals surface area contributed by atoms with E-state index in [4.69, 9.17) is 27.9 Å². The minimum Gasteiger partial charge on any atom is -0.444 e. The molecule has 2 amide bonds. The Bertz CT molecular complexity index is 937. The molecule has 0 aliphatic carbocycles. The van der Waals surface area contributed by atoms with Crippen molar-refractivity contribution < 1.29 is 14.3 Å². The van der Waals surface area contributed by atoms with Crippen molar-refractivity contribution in [1.29, 1.82) is 0 Å². The highest BCUT2D eigenvalue weighted by atomic mass is 35.5. The van der Waals surface area contributed by atoms with E-state index in [9.17, 15) is 9.59 Å². The second kappa shape index (κ2) is 10.4. The smallest absolute Gasteiger partial charge is 0.408 e. The van der Waals surface area contributed by atoms with Crippen LogP contribution in [0.25, 0.3) is 0 Å². The normalized spacial score (nSPS) is 11.7. The molecule has 0 radical (unpaired) electrons. The van der Waals surface area contributed by atoms with Crippen LogP contribution in [0.1, 0.15) is 51.3 Å². The quantitative estimate of drug-likeness (QED) is 0.552. The van der Waals surface area contributed by atoms with Crippen LogP contribution in [0.3, 0.4) is 0 Å². The molecule has 0 aromatic heterocycles. The minimum absolute atomic E-state index is 0.0886. The highest BCUT2D eigenvalue weighted by Crippen LogP contribution is 2.22. The summed E-state index contributed by atoms with van der Waals surface area (Å²) in [4.78, 5) is 24.5. The molecule has 0 aliphatic heterocycles. The maximum atomic E-state index is 12.4. The third-order valence-corrected chi connectivity index (χ3v) is 5.05. The molecule has 2 aromatic rings. The number of nitrogens with one attached hydrogen (secondary N) is 2. The number of hydrogen-bond acceptors (Lipinski definition) is 3. The summed E-state index contributed by atoms with van der Waals surface area (Å²) in [5.41, 5.74) is 1.75. The van der Waals surface area contributed by atoms with Gasteiger partial charge in [-0.15, -0.1) is 0 Å². The van der Waals surface area contributed by atoms with E-state index in [1.54, 1.807) is 12.1 Å². The molecule has 0 saturated heterocycles. The molecular weight excluding hydrogens is 435 g/mol. The Hall–Kier alpha value is -2.24. The number of amides is 2. The van der Waals surface area contributed by atoms with Crippen molar-refractivity contribution in [2.45, 2.75) is 65.1 Å². The summed E-state index contributed by atoms with van der Waals surface area (Å²) in [6, 6.07) is 13.1. The Labute approximate surface area is 194 Å². The number of ether oxygens (including phenoxy) is 1. The highest BCUT2D eigenvalue weighted by molar-refractivity contribution is 6.42. The summed E-state index contributed by atoms with van der Waals surface area (Å²) in [6.45, 7) is 9.74. The predicted molar refractivity (Wildman–Crippen MR) is 126 cm³/mol. The number of carbonyl (C=O) groups excluding carboxylic acids is 2. The summed E-state index contributed by atoms with van der Waals surface area (Å²) in [6.07, 6.45) is 0.412. The molecule has 0 unspecified atom stereocenters. The Balaban J connectivity index is 1.92. The van der Waals surface area contributed by atoms with Gasteiger partial charge in [0.1, 0.15) is 5.60 Å². The summed E-state index contributed by atoms with van der Waals surface area (Å²) < 4.78 is 5.35. The van der Waals surface area contributed by atoms with Crippen molar-refractivity contribution in [3.63, 3.8) is 0 Å². The standard InChI is InChI=1S/C24H30Cl2N2O3/c1-23(2,3)31-22(30)28-24(4,5)14-17-8-6-7-16(11-17)13-21(29)27-15-18-9-10-19(25)20(26)12-18/h6-12H,13-15H2,1-5H3,(H,27,29)(H,28,30). The number of benzene rings is 2. The number of hydrogen-bond donors (Lipinski definition) is 2. The molecule has 0 heterocycles. The summed E-state index contributed by atoms with van der Waals surface area (Å²) in [7, 11) is 0. The Kier molecular flexibility index (Phi) is 8.38. The molecular formula is C24H30Cl2N2O3. The van der Waals surface area contributed by atoms with Gasteiger partial charge >= 0.3 is 6.09 Å². The topological polar surface area (TPSA) is 67.4 Å². The fraction of sp³-hybridized carbons (Fsp3) is 0.417. The van der Waals surface area contributed by atoms with E-state index in [0.717, 1.165) is 16.7 Å². The summed E-state index contributed by atoms with van der Waals surface area (Å²) in [5, 5.41) is 6.75. The first kappa shape index (κ1) is 25.0. The van der Waals surface area contributed by atoms with Gasteiger partial charge in [0.15, 0.2) is 0 Å². The van der Waals surface area contributed by atoms with Crippen LogP contribution in [0, 0.1) is 0 Å². The van der Waals surface area contributed by atoms with Crippen LogP contribution in [0.5, 0.6) is 0 Å². The third-order valence-electron chi connectivity index (χ3n) is 4.32. The average Bonchev–Trinajstić information content (AvgIpc) is 2.60. The monoisotopic (exact) mass is 464 g/mol. The molecule has 168 valence electrons. The van der Waals surface area contributed by atoms with E-state index in [2.05, 4.69) is 10.6 Å². The van der Waals surface area contributed by atoms with Gasteiger partial charge in [0.2, 0.25) is 5.91 Å². The first-order valence-corrected chi connectivity index (χ1v) is 10.9. The van der Waals surface area contributed by atoms with Gasteiger partial charge < -0.3 is 15.4 Å². The Morgan fingerprint density at radius 2 is 1.58 bits per heavy atom. The fourth-order valence-electron chi connectivity index (χ4n) is 3.08. The average molecular weight is 465 g/mol. The number of rotatable bonds is 7. The largest absolute Gasteiger partial charge is 0.444 e. The molecule has 0 aliphatic rings. The van der Waals surface area contributed by atoms with Gasteiger partial charge in [0.05, 0.1) is 16.5 Å².